The number of halogens is 1. The van der Waals surface area contributed by atoms with Crippen LogP contribution in [0.25, 0.3) is 0 Å². The summed E-state index contributed by atoms with van der Waals surface area (Å²) in [5.74, 6) is 1.02. The normalized spacial score (nSPS) is 22.2. The van der Waals surface area contributed by atoms with Crippen molar-refractivity contribution in [2.24, 2.45) is 5.92 Å². The van der Waals surface area contributed by atoms with Crippen LogP contribution in [0.1, 0.15) is 19.8 Å². The van der Waals surface area contributed by atoms with Crippen LogP contribution in [0.4, 0.5) is 4.39 Å². The second-order valence-corrected chi connectivity index (χ2v) is 5.43. The number of piperidine rings is 1. The maximum absolute atomic E-state index is 12.7. The average molecular weight is 267 g/mol. The van der Waals surface area contributed by atoms with Crippen LogP contribution in [0.15, 0.2) is 24.3 Å². The van der Waals surface area contributed by atoms with E-state index in [1.807, 2.05) is 0 Å². The summed E-state index contributed by atoms with van der Waals surface area (Å²) in [5, 5.41) is 9.96. The van der Waals surface area contributed by atoms with Gasteiger partial charge in [0.25, 0.3) is 0 Å². The molecule has 0 aromatic heterocycles. The van der Waals surface area contributed by atoms with Gasteiger partial charge < -0.3 is 14.7 Å². The van der Waals surface area contributed by atoms with Gasteiger partial charge in [0, 0.05) is 13.1 Å². The topological polar surface area (TPSA) is 32.7 Å². The molecule has 3 nitrogen and oxygen atoms in total. The number of likely N-dealkylation sites (tertiary alicyclic amines) is 1. The van der Waals surface area contributed by atoms with E-state index in [0.29, 0.717) is 18.2 Å². The van der Waals surface area contributed by atoms with Crippen molar-refractivity contribution in [2.75, 3.05) is 26.2 Å². The lowest BCUT2D eigenvalue weighted by atomic mass is 10.0. The molecular formula is C15H22FNO2. The van der Waals surface area contributed by atoms with Crippen molar-refractivity contribution in [3.63, 3.8) is 0 Å². The van der Waals surface area contributed by atoms with Crippen LogP contribution < -0.4 is 4.74 Å². The van der Waals surface area contributed by atoms with Crippen LogP contribution >= 0.6 is 0 Å². The van der Waals surface area contributed by atoms with Crippen LogP contribution in [0.5, 0.6) is 5.75 Å². The number of ether oxygens (including phenoxy) is 1. The first-order chi connectivity index (χ1) is 9.13. The summed E-state index contributed by atoms with van der Waals surface area (Å²) >= 11 is 0. The van der Waals surface area contributed by atoms with E-state index < -0.39 is 6.10 Å². The summed E-state index contributed by atoms with van der Waals surface area (Å²) in [5.41, 5.74) is 0. The zero-order chi connectivity index (χ0) is 13.7. The molecule has 106 valence electrons. The Kier molecular flexibility index (Phi) is 5.16. The predicted molar refractivity (Wildman–Crippen MR) is 72.7 cm³/mol. The largest absolute Gasteiger partial charge is 0.491 e. The first kappa shape index (κ1) is 14.3. The Morgan fingerprint density at radius 3 is 2.84 bits per heavy atom. The van der Waals surface area contributed by atoms with Gasteiger partial charge in [0.05, 0.1) is 0 Å². The van der Waals surface area contributed by atoms with Gasteiger partial charge in [-0.25, -0.2) is 4.39 Å². The zero-order valence-electron chi connectivity index (χ0n) is 11.4. The second-order valence-electron chi connectivity index (χ2n) is 5.43. The number of aliphatic hydroxyl groups is 1. The average Bonchev–Trinajstić information content (AvgIpc) is 2.38. The van der Waals surface area contributed by atoms with Crippen LogP contribution in [-0.2, 0) is 0 Å². The van der Waals surface area contributed by atoms with E-state index >= 15 is 0 Å². The Morgan fingerprint density at radius 1 is 1.42 bits per heavy atom. The molecule has 1 fully saturated rings. The van der Waals surface area contributed by atoms with Gasteiger partial charge in [-0.2, -0.15) is 0 Å². The predicted octanol–water partition coefficient (Wildman–Crippen LogP) is 2.30. The molecule has 0 saturated carbocycles. The number of aliphatic hydroxyl groups excluding tert-OH is 1. The number of hydrogen-bond donors (Lipinski definition) is 1. The van der Waals surface area contributed by atoms with Gasteiger partial charge in [-0.3, -0.25) is 0 Å². The molecule has 4 heteroatoms. The molecular weight excluding hydrogens is 245 g/mol. The summed E-state index contributed by atoms with van der Waals surface area (Å²) in [6, 6.07) is 5.86. The monoisotopic (exact) mass is 267 g/mol. The Labute approximate surface area is 114 Å². The van der Waals surface area contributed by atoms with E-state index in [9.17, 15) is 9.50 Å². The van der Waals surface area contributed by atoms with Gasteiger partial charge in [0.1, 0.15) is 24.3 Å². The fourth-order valence-corrected chi connectivity index (χ4v) is 2.53. The fraction of sp³-hybridized carbons (Fsp3) is 0.600. The molecule has 2 rings (SSSR count). The molecule has 1 aromatic rings. The number of hydrogen-bond acceptors (Lipinski definition) is 3. The third kappa shape index (κ3) is 4.80. The van der Waals surface area contributed by atoms with Crippen LogP contribution in [0, 0.1) is 11.7 Å². The summed E-state index contributed by atoms with van der Waals surface area (Å²) < 4.78 is 18.2. The summed E-state index contributed by atoms with van der Waals surface area (Å²) in [7, 11) is 0. The number of benzene rings is 1. The number of nitrogens with zero attached hydrogens (tertiary/aromatic N) is 1. The maximum Gasteiger partial charge on any atom is 0.123 e. The van der Waals surface area contributed by atoms with Crippen molar-refractivity contribution in [2.45, 2.75) is 25.9 Å². The molecule has 1 aromatic carbocycles. The summed E-state index contributed by atoms with van der Waals surface area (Å²) in [4.78, 5) is 2.28. The first-order valence-electron chi connectivity index (χ1n) is 6.92. The summed E-state index contributed by atoms with van der Waals surface area (Å²) in [6.45, 7) is 5.24. The van der Waals surface area contributed by atoms with E-state index in [-0.39, 0.29) is 12.4 Å². The molecule has 2 atom stereocenters. The Bertz CT molecular complexity index is 382. The Balaban J connectivity index is 1.72. The van der Waals surface area contributed by atoms with Crippen molar-refractivity contribution in [1.82, 2.24) is 4.90 Å². The third-order valence-corrected chi connectivity index (χ3v) is 3.47. The molecule has 0 bridgehead atoms. The zero-order valence-corrected chi connectivity index (χ0v) is 11.4. The van der Waals surface area contributed by atoms with Crippen molar-refractivity contribution < 1.29 is 14.2 Å². The third-order valence-electron chi connectivity index (χ3n) is 3.47. The molecule has 1 N–H and O–H groups in total. The number of rotatable bonds is 5. The molecule has 1 saturated heterocycles. The lowest BCUT2D eigenvalue weighted by molar-refractivity contribution is 0.0537. The SMILES string of the molecule is CC1CCCN(CC(O)COc2ccc(F)cc2)C1. The van der Waals surface area contributed by atoms with Crippen molar-refractivity contribution in [1.29, 1.82) is 0 Å². The van der Waals surface area contributed by atoms with Crippen molar-refractivity contribution >= 4 is 0 Å². The minimum atomic E-state index is -0.504. The van der Waals surface area contributed by atoms with E-state index in [1.165, 1.54) is 25.0 Å². The molecule has 19 heavy (non-hydrogen) atoms. The highest BCUT2D eigenvalue weighted by Gasteiger charge is 2.19. The molecule has 0 spiro atoms. The smallest absolute Gasteiger partial charge is 0.123 e. The molecule has 2 unspecified atom stereocenters. The van der Waals surface area contributed by atoms with Gasteiger partial charge in [-0.15, -0.1) is 0 Å². The van der Waals surface area contributed by atoms with Crippen LogP contribution in [0.3, 0.4) is 0 Å². The van der Waals surface area contributed by atoms with Gasteiger partial charge in [-0.05, 0) is 49.6 Å². The second kappa shape index (κ2) is 6.87. The molecule has 0 aliphatic carbocycles. The lowest BCUT2D eigenvalue weighted by Crippen LogP contribution is -2.41. The van der Waals surface area contributed by atoms with Crippen LogP contribution in [0.2, 0.25) is 0 Å². The quantitative estimate of drug-likeness (QED) is 0.888. The molecule has 1 heterocycles. The van der Waals surface area contributed by atoms with Crippen molar-refractivity contribution in [3.8, 4) is 5.75 Å². The van der Waals surface area contributed by atoms with Gasteiger partial charge in [0.2, 0.25) is 0 Å². The minimum absolute atomic E-state index is 0.247. The van der Waals surface area contributed by atoms with Crippen molar-refractivity contribution in [3.05, 3.63) is 30.1 Å². The molecule has 1 aliphatic rings. The van der Waals surface area contributed by atoms with E-state index in [0.717, 1.165) is 13.1 Å². The maximum atomic E-state index is 12.7. The Morgan fingerprint density at radius 2 is 2.16 bits per heavy atom. The van der Waals surface area contributed by atoms with Gasteiger partial charge in [0.15, 0.2) is 0 Å². The van der Waals surface area contributed by atoms with E-state index in [1.54, 1.807) is 12.1 Å². The van der Waals surface area contributed by atoms with Gasteiger partial charge in [-0.1, -0.05) is 6.92 Å². The molecule has 0 radical (unpaired) electrons. The standard InChI is InChI=1S/C15H22FNO2/c1-12-3-2-8-17(9-12)10-14(18)11-19-15-6-4-13(16)5-7-15/h4-7,12,14,18H,2-3,8-11H2,1H3. The highest BCUT2D eigenvalue weighted by Crippen LogP contribution is 2.16. The van der Waals surface area contributed by atoms with Crippen LogP contribution in [-0.4, -0.2) is 42.4 Å². The van der Waals surface area contributed by atoms with E-state index in [4.69, 9.17) is 4.74 Å². The Hall–Kier alpha value is -1.13. The highest BCUT2D eigenvalue weighted by molar-refractivity contribution is 5.22. The highest BCUT2D eigenvalue weighted by atomic mass is 19.1. The first-order valence-corrected chi connectivity index (χ1v) is 6.92. The molecule has 1 aliphatic heterocycles. The molecule has 0 amide bonds. The number of β-amino-alcohol motifs (C(OH)–C–C–N with tert-alkyl or cyclic N) is 1. The summed E-state index contributed by atoms with van der Waals surface area (Å²) in [6.07, 6.45) is 1.97. The fourth-order valence-electron chi connectivity index (χ4n) is 2.53. The van der Waals surface area contributed by atoms with E-state index in [2.05, 4.69) is 11.8 Å². The lowest BCUT2D eigenvalue weighted by Gasteiger charge is -2.32. The van der Waals surface area contributed by atoms with Gasteiger partial charge >= 0.3 is 0 Å². The minimum Gasteiger partial charge on any atom is -0.491 e.